The van der Waals surface area contributed by atoms with Crippen LogP contribution in [0.25, 0.3) is 10.9 Å². The molecule has 0 aliphatic carbocycles. The third kappa shape index (κ3) is 6.68. The standard InChI is InChI=1S/C39H43N5O5S/c1-27-20-34-36(42(3)39(27)45)21-30(43-17-16-32(25-43)49-26-29-8-6-5-7-9-29)22-37(34)44-19-18-41(2)35-15-14-33(23-38(35)44)50(46,47)40-24-28-10-12-31(48-4)13-11-28/h5-15,20-23,32,40H,16-19,24-26H2,1-4H3. The lowest BCUT2D eigenvalue weighted by Crippen LogP contribution is -2.37. The van der Waals surface area contributed by atoms with Crippen LogP contribution in [0.2, 0.25) is 0 Å². The number of methoxy groups -OCH3 is 1. The molecule has 11 heteroatoms. The molecule has 1 N–H and O–H groups in total. The minimum atomic E-state index is -3.84. The molecule has 2 aliphatic rings. The molecule has 0 radical (unpaired) electrons. The Balaban J connectivity index is 1.23. The quantitative estimate of drug-likeness (QED) is 0.199. The number of sulfonamides is 1. The number of rotatable bonds is 10. The van der Waals surface area contributed by atoms with Crippen LogP contribution in [0.4, 0.5) is 22.7 Å². The first-order valence-electron chi connectivity index (χ1n) is 16.9. The first kappa shape index (κ1) is 33.6. The second-order valence-electron chi connectivity index (χ2n) is 13.1. The van der Waals surface area contributed by atoms with Crippen molar-refractivity contribution in [1.29, 1.82) is 0 Å². The zero-order valence-corrected chi connectivity index (χ0v) is 29.7. The maximum absolute atomic E-state index is 13.7. The first-order chi connectivity index (χ1) is 24.1. The molecule has 0 amide bonds. The van der Waals surface area contributed by atoms with Gasteiger partial charge >= 0.3 is 0 Å². The second-order valence-corrected chi connectivity index (χ2v) is 14.9. The van der Waals surface area contributed by atoms with Crippen molar-refractivity contribution in [2.24, 2.45) is 7.05 Å². The Morgan fingerprint density at radius 1 is 0.840 bits per heavy atom. The Labute approximate surface area is 293 Å². The van der Waals surface area contributed by atoms with Gasteiger partial charge in [0.2, 0.25) is 10.0 Å². The van der Waals surface area contributed by atoms with Gasteiger partial charge in [-0.3, -0.25) is 4.79 Å². The van der Waals surface area contributed by atoms with Crippen molar-refractivity contribution in [3.8, 4) is 5.75 Å². The molecule has 4 aromatic carbocycles. The van der Waals surface area contributed by atoms with E-state index in [2.05, 4.69) is 43.7 Å². The van der Waals surface area contributed by atoms with Crippen LogP contribution >= 0.6 is 0 Å². The number of ether oxygens (including phenoxy) is 2. The summed E-state index contributed by atoms with van der Waals surface area (Å²) in [4.78, 5) is 20.1. The van der Waals surface area contributed by atoms with Crippen LogP contribution < -0.4 is 29.7 Å². The minimum absolute atomic E-state index is 0.0406. The molecule has 50 heavy (non-hydrogen) atoms. The highest BCUT2D eigenvalue weighted by molar-refractivity contribution is 7.89. The van der Waals surface area contributed by atoms with Crippen molar-refractivity contribution in [3.05, 3.63) is 118 Å². The van der Waals surface area contributed by atoms with Gasteiger partial charge in [-0.1, -0.05) is 42.5 Å². The lowest BCUT2D eigenvalue weighted by Gasteiger charge is -2.38. The Hall–Kier alpha value is -4.84. The molecule has 10 nitrogen and oxygen atoms in total. The van der Waals surface area contributed by atoms with E-state index in [4.69, 9.17) is 9.47 Å². The van der Waals surface area contributed by atoms with Crippen molar-refractivity contribution >= 4 is 43.7 Å². The van der Waals surface area contributed by atoms with Gasteiger partial charge < -0.3 is 28.7 Å². The Bertz CT molecular complexity index is 2190. The summed E-state index contributed by atoms with van der Waals surface area (Å²) in [5.41, 5.74) is 7.07. The van der Waals surface area contributed by atoms with Gasteiger partial charge in [0.05, 0.1) is 47.3 Å². The number of benzene rings is 4. The van der Waals surface area contributed by atoms with Gasteiger partial charge in [-0.05, 0) is 73.0 Å². The number of aryl methyl sites for hydroxylation is 2. The van der Waals surface area contributed by atoms with Crippen molar-refractivity contribution in [1.82, 2.24) is 9.29 Å². The number of pyridine rings is 1. The molecule has 3 heterocycles. The molecule has 0 bridgehead atoms. The number of fused-ring (bicyclic) bond motifs is 2. The molecule has 7 rings (SSSR count). The predicted octanol–water partition coefficient (Wildman–Crippen LogP) is 5.72. The zero-order chi connectivity index (χ0) is 35.0. The number of hydrogen-bond acceptors (Lipinski definition) is 8. The van der Waals surface area contributed by atoms with Crippen molar-refractivity contribution < 1.29 is 17.9 Å². The third-order valence-corrected chi connectivity index (χ3v) is 11.3. The number of nitrogens with zero attached hydrogens (tertiary/aromatic N) is 4. The summed E-state index contributed by atoms with van der Waals surface area (Å²) in [7, 11) is 1.60. The fourth-order valence-electron chi connectivity index (χ4n) is 6.93. The predicted molar refractivity (Wildman–Crippen MR) is 200 cm³/mol. The lowest BCUT2D eigenvalue weighted by molar-refractivity contribution is 0.0553. The molecule has 1 atom stereocenters. The molecule has 2 aliphatic heterocycles. The van der Waals surface area contributed by atoms with E-state index in [1.54, 1.807) is 23.8 Å². The van der Waals surface area contributed by atoms with Crippen molar-refractivity contribution in [3.63, 3.8) is 0 Å². The normalized spacial score (nSPS) is 16.2. The lowest BCUT2D eigenvalue weighted by atomic mass is 10.1. The van der Waals surface area contributed by atoms with E-state index in [0.29, 0.717) is 24.5 Å². The highest BCUT2D eigenvalue weighted by Gasteiger charge is 2.29. The van der Waals surface area contributed by atoms with Crippen LogP contribution in [0.1, 0.15) is 23.1 Å². The molecule has 0 spiro atoms. The second kappa shape index (κ2) is 13.8. The third-order valence-electron chi connectivity index (χ3n) is 9.86. The zero-order valence-electron chi connectivity index (χ0n) is 28.9. The van der Waals surface area contributed by atoms with Crippen molar-refractivity contribution in [2.75, 3.05) is 55.0 Å². The molecule has 5 aromatic rings. The number of nitrogens with one attached hydrogen (secondary N) is 1. The Morgan fingerprint density at radius 3 is 2.38 bits per heavy atom. The van der Waals surface area contributed by atoms with Gasteiger partial charge in [0, 0.05) is 63.5 Å². The summed E-state index contributed by atoms with van der Waals surface area (Å²) < 4.78 is 43.3. The molecular weight excluding hydrogens is 651 g/mol. The molecule has 1 aromatic heterocycles. The number of aromatic nitrogens is 1. The fourth-order valence-corrected chi connectivity index (χ4v) is 7.97. The van der Waals surface area contributed by atoms with Crippen molar-refractivity contribution in [2.45, 2.75) is 37.5 Å². The van der Waals surface area contributed by atoms with Crippen LogP contribution in [0.3, 0.4) is 0 Å². The van der Waals surface area contributed by atoms with Crippen LogP contribution in [0.15, 0.2) is 101 Å². The molecular formula is C39H43N5O5S. The Kier molecular flexibility index (Phi) is 9.30. The smallest absolute Gasteiger partial charge is 0.253 e. The van der Waals surface area contributed by atoms with E-state index in [0.717, 1.165) is 70.8 Å². The Morgan fingerprint density at radius 2 is 1.62 bits per heavy atom. The van der Waals surface area contributed by atoms with Crippen LogP contribution in [0, 0.1) is 6.92 Å². The van der Waals surface area contributed by atoms with E-state index in [9.17, 15) is 13.2 Å². The number of anilines is 4. The van der Waals surface area contributed by atoms with E-state index in [1.165, 1.54) is 0 Å². The van der Waals surface area contributed by atoms with Gasteiger partial charge in [0.25, 0.3) is 5.56 Å². The maximum atomic E-state index is 13.7. The van der Waals surface area contributed by atoms with Gasteiger partial charge in [-0.25, -0.2) is 13.1 Å². The SMILES string of the molecule is COc1ccc(CNS(=O)(=O)c2ccc3c(c2)N(c2cc(N4CCC(OCc5ccccc5)C4)cc4c2cc(C)c(=O)n4C)CCN3C)cc1. The van der Waals surface area contributed by atoms with Gasteiger partial charge in [-0.15, -0.1) is 0 Å². The van der Waals surface area contributed by atoms with Gasteiger partial charge in [-0.2, -0.15) is 0 Å². The molecule has 1 unspecified atom stereocenters. The summed E-state index contributed by atoms with van der Waals surface area (Å²) in [5.74, 6) is 0.711. The van der Waals surface area contributed by atoms with E-state index in [1.807, 2.05) is 75.6 Å². The van der Waals surface area contributed by atoms with Gasteiger partial charge in [0.15, 0.2) is 0 Å². The topological polar surface area (TPSA) is 96.4 Å². The summed E-state index contributed by atoms with van der Waals surface area (Å²) in [5, 5.41) is 0.936. The average Bonchev–Trinajstić information content (AvgIpc) is 3.62. The molecule has 260 valence electrons. The number of likely N-dealkylation sites (N-methyl/N-ethyl adjacent to an activating group) is 1. The summed E-state index contributed by atoms with van der Waals surface area (Å²) in [6.07, 6.45) is 0.980. The van der Waals surface area contributed by atoms with Crippen LogP contribution in [-0.4, -0.2) is 59.4 Å². The first-order valence-corrected chi connectivity index (χ1v) is 18.4. The molecule has 1 saturated heterocycles. The largest absolute Gasteiger partial charge is 0.497 e. The van der Waals surface area contributed by atoms with E-state index >= 15 is 0 Å². The van der Waals surface area contributed by atoms with E-state index < -0.39 is 10.0 Å². The van der Waals surface area contributed by atoms with Crippen LogP contribution in [0.5, 0.6) is 5.75 Å². The fraction of sp³-hybridized carbons (Fsp3) is 0.308. The highest BCUT2D eigenvalue weighted by Crippen LogP contribution is 2.43. The molecule has 0 saturated carbocycles. The van der Waals surface area contributed by atoms with E-state index in [-0.39, 0.29) is 23.1 Å². The molecule has 1 fully saturated rings. The highest BCUT2D eigenvalue weighted by atomic mass is 32.2. The average molecular weight is 694 g/mol. The summed E-state index contributed by atoms with van der Waals surface area (Å²) in [6, 6.07) is 29.1. The summed E-state index contributed by atoms with van der Waals surface area (Å²) >= 11 is 0. The number of hydrogen-bond donors (Lipinski definition) is 1. The van der Waals surface area contributed by atoms with Crippen LogP contribution in [-0.2, 0) is 35.0 Å². The van der Waals surface area contributed by atoms with Gasteiger partial charge in [0.1, 0.15) is 5.75 Å². The summed E-state index contributed by atoms with van der Waals surface area (Å²) in [6.45, 7) is 5.49. The monoisotopic (exact) mass is 693 g/mol. The maximum Gasteiger partial charge on any atom is 0.253 e. The minimum Gasteiger partial charge on any atom is -0.497 e.